The zero-order chi connectivity index (χ0) is 48.1. The molecule has 12 rings (SSSR count). The van der Waals surface area contributed by atoms with E-state index in [-0.39, 0.29) is 0 Å². The Kier molecular flexibility index (Phi) is 10.9. The molecule has 0 saturated carbocycles. The fraction of sp³-hybridized carbons (Fsp3) is 0.0597. The van der Waals surface area contributed by atoms with Crippen LogP contribution in [0, 0.1) is 13.8 Å². The van der Waals surface area contributed by atoms with Gasteiger partial charge in [0.2, 0.25) is 0 Å². The molecule has 1 aliphatic carbocycles. The molecule has 338 valence electrons. The van der Waals surface area contributed by atoms with Gasteiger partial charge in [0.25, 0.3) is 0 Å². The molecule has 2 heterocycles. The Morgan fingerprint density at radius 2 is 0.972 bits per heavy atom. The van der Waals surface area contributed by atoms with Gasteiger partial charge in [-0.25, -0.2) is 15.0 Å². The standard InChI is InChI=1S/C67H50N4/c1-5-6-9-17-46(4)64-68-65(47-18-10-7-11-19-47)70-66(69-64)52-21-16-20-48(40-52)50-30-37-56-57-38-31-51(49-32-39-63-59(41-49)58-24-14-15-25-62(58)71(63)55-22-12-8-13-23-55)43-61(57)67(60(56)42-50,53-33-26-44(2)27-34-53)54-35-28-45(3)29-36-54/h5-43H,1H2,2-4H3/b9-6-,46-17+. The second-order valence-corrected chi connectivity index (χ2v) is 18.6. The number of aryl methyl sites for hydroxylation is 2. The van der Waals surface area contributed by atoms with Crippen molar-refractivity contribution >= 4 is 27.4 Å². The molecule has 0 spiro atoms. The van der Waals surface area contributed by atoms with E-state index < -0.39 is 5.41 Å². The number of nitrogens with zero attached hydrogens (tertiary/aromatic N) is 4. The van der Waals surface area contributed by atoms with E-state index in [4.69, 9.17) is 15.0 Å². The Hall–Kier alpha value is -8.99. The molecule has 4 nitrogen and oxygen atoms in total. The third kappa shape index (κ3) is 7.53. The Morgan fingerprint density at radius 1 is 0.451 bits per heavy atom. The van der Waals surface area contributed by atoms with Gasteiger partial charge >= 0.3 is 0 Å². The van der Waals surface area contributed by atoms with E-state index in [9.17, 15) is 0 Å². The van der Waals surface area contributed by atoms with Crippen molar-refractivity contribution in [3.8, 4) is 61.8 Å². The van der Waals surface area contributed by atoms with E-state index in [1.54, 1.807) is 6.08 Å². The van der Waals surface area contributed by atoms with Crippen molar-refractivity contribution in [3.05, 3.63) is 282 Å². The first-order valence-corrected chi connectivity index (χ1v) is 24.3. The topological polar surface area (TPSA) is 43.6 Å². The summed E-state index contributed by atoms with van der Waals surface area (Å²) < 4.78 is 2.38. The van der Waals surface area contributed by atoms with Crippen LogP contribution in [0.2, 0.25) is 0 Å². The predicted octanol–water partition coefficient (Wildman–Crippen LogP) is 16.8. The van der Waals surface area contributed by atoms with Gasteiger partial charge in [-0.15, -0.1) is 0 Å². The molecular formula is C67H50N4. The zero-order valence-corrected chi connectivity index (χ0v) is 40.0. The number of allylic oxidation sites excluding steroid dienone is 5. The SMILES string of the molecule is C=C/C=C\C=C(/C)c1nc(-c2ccccc2)nc(-c2cccc(-c3ccc4c(c3)C(c3ccc(C)cc3)(c3ccc(C)cc3)c3cc(-c5ccc6c(c5)c5ccccc5n6-c5ccccc5)ccc3-4)c2)n1. The molecule has 0 radical (unpaired) electrons. The lowest BCUT2D eigenvalue weighted by Gasteiger charge is -2.34. The maximum absolute atomic E-state index is 5.08. The lowest BCUT2D eigenvalue weighted by Crippen LogP contribution is -2.28. The van der Waals surface area contributed by atoms with Gasteiger partial charge in [-0.2, -0.15) is 0 Å². The summed E-state index contributed by atoms with van der Waals surface area (Å²) in [5.41, 5.74) is 20.2. The molecule has 11 aromatic rings. The van der Waals surface area contributed by atoms with Crippen molar-refractivity contribution in [2.75, 3.05) is 0 Å². The average molecular weight is 911 g/mol. The number of hydrogen-bond acceptors (Lipinski definition) is 3. The van der Waals surface area contributed by atoms with E-state index >= 15 is 0 Å². The highest BCUT2D eigenvalue weighted by Crippen LogP contribution is 2.57. The minimum absolute atomic E-state index is 0.619. The van der Waals surface area contributed by atoms with Gasteiger partial charge in [-0.05, 0) is 131 Å². The molecule has 71 heavy (non-hydrogen) atoms. The molecule has 0 N–H and O–H groups in total. The summed E-state index contributed by atoms with van der Waals surface area (Å²) in [5, 5.41) is 2.47. The quantitative estimate of drug-likeness (QED) is 0.128. The van der Waals surface area contributed by atoms with Crippen LogP contribution in [-0.4, -0.2) is 19.5 Å². The zero-order valence-electron chi connectivity index (χ0n) is 40.0. The van der Waals surface area contributed by atoms with Crippen LogP contribution in [-0.2, 0) is 5.41 Å². The second-order valence-electron chi connectivity index (χ2n) is 18.6. The molecule has 0 amide bonds. The van der Waals surface area contributed by atoms with Crippen molar-refractivity contribution < 1.29 is 0 Å². The van der Waals surface area contributed by atoms with Crippen molar-refractivity contribution in [1.82, 2.24) is 19.5 Å². The van der Waals surface area contributed by atoms with Crippen molar-refractivity contribution in [2.24, 2.45) is 0 Å². The highest BCUT2D eigenvalue weighted by Gasteiger charge is 2.46. The maximum Gasteiger partial charge on any atom is 0.164 e. The molecule has 4 heteroatoms. The number of rotatable bonds is 10. The van der Waals surface area contributed by atoms with Gasteiger partial charge in [0.05, 0.1) is 16.4 Å². The monoisotopic (exact) mass is 910 g/mol. The molecule has 0 atom stereocenters. The van der Waals surface area contributed by atoms with Crippen LogP contribution >= 0.6 is 0 Å². The van der Waals surface area contributed by atoms with E-state index in [1.807, 2.05) is 55.5 Å². The molecule has 9 aromatic carbocycles. The van der Waals surface area contributed by atoms with Crippen LogP contribution in [0.15, 0.2) is 243 Å². The summed E-state index contributed by atoms with van der Waals surface area (Å²) in [7, 11) is 0. The molecule has 0 unspecified atom stereocenters. The maximum atomic E-state index is 5.08. The molecule has 0 bridgehead atoms. The first-order valence-electron chi connectivity index (χ1n) is 24.3. The minimum Gasteiger partial charge on any atom is -0.309 e. The third-order valence-corrected chi connectivity index (χ3v) is 14.2. The van der Waals surface area contributed by atoms with Crippen LogP contribution in [0.5, 0.6) is 0 Å². The van der Waals surface area contributed by atoms with Crippen molar-refractivity contribution in [2.45, 2.75) is 26.2 Å². The van der Waals surface area contributed by atoms with Gasteiger partial charge in [0.1, 0.15) is 0 Å². The fourth-order valence-corrected chi connectivity index (χ4v) is 10.7. The van der Waals surface area contributed by atoms with Gasteiger partial charge in [0.15, 0.2) is 17.5 Å². The van der Waals surface area contributed by atoms with Gasteiger partial charge in [0, 0.05) is 27.6 Å². The summed E-state index contributed by atoms with van der Waals surface area (Å²) in [5.74, 6) is 1.88. The number of para-hydroxylation sites is 2. The van der Waals surface area contributed by atoms with Crippen LogP contribution in [0.4, 0.5) is 0 Å². The molecule has 0 aliphatic heterocycles. The largest absolute Gasteiger partial charge is 0.309 e. The molecule has 0 saturated heterocycles. The number of fused-ring (bicyclic) bond motifs is 6. The van der Waals surface area contributed by atoms with Crippen molar-refractivity contribution in [1.29, 1.82) is 0 Å². The lowest BCUT2D eigenvalue weighted by atomic mass is 9.67. The van der Waals surface area contributed by atoms with E-state index in [0.29, 0.717) is 17.5 Å². The van der Waals surface area contributed by atoms with E-state index in [2.05, 4.69) is 207 Å². The summed E-state index contributed by atoms with van der Waals surface area (Å²) in [4.78, 5) is 15.1. The Bertz CT molecular complexity index is 3850. The summed E-state index contributed by atoms with van der Waals surface area (Å²) in [6.45, 7) is 10.2. The Balaban J connectivity index is 1.03. The van der Waals surface area contributed by atoms with Crippen molar-refractivity contribution in [3.63, 3.8) is 0 Å². The molecule has 2 aromatic heterocycles. The molecule has 0 fully saturated rings. The molecule has 1 aliphatic rings. The third-order valence-electron chi connectivity index (χ3n) is 14.2. The summed E-state index contributed by atoms with van der Waals surface area (Å²) in [6, 6.07) is 77.8. The molecular weight excluding hydrogens is 861 g/mol. The van der Waals surface area contributed by atoms with Crippen LogP contribution < -0.4 is 0 Å². The average Bonchev–Trinajstić information content (AvgIpc) is 3.91. The van der Waals surface area contributed by atoms with Gasteiger partial charge in [-0.1, -0.05) is 206 Å². The van der Waals surface area contributed by atoms with E-state index in [1.165, 1.54) is 77.4 Å². The highest BCUT2D eigenvalue weighted by molar-refractivity contribution is 6.10. The fourth-order valence-electron chi connectivity index (χ4n) is 10.7. The first kappa shape index (κ1) is 43.3. The predicted molar refractivity (Wildman–Crippen MR) is 296 cm³/mol. The summed E-state index contributed by atoms with van der Waals surface area (Å²) >= 11 is 0. The second kappa shape index (κ2) is 17.8. The van der Waals surface area contributed by atoms with Crippen LogP contribution in [0.25, 0.3) is 89.2 Å². The number of aromatic nitrogens is 4. The highest BCUT2D eigenvalue weighted by atomic mass is 15.0. The normalized spacial score (nSPS) is 12.9. The van der Waals surface area contributed by atoms with Gasteiger partial charge < -0.3 is 4.57 Å². The van der Waals surface area contributed by atoms with Crippen LogP contribution in [0.1, 0.15) is 46.1 Å². The summed E-state index contributed by atoms with van der Waals surface area (Å²) in [6.07, 6.45) is 7.63. The number of hydrogen-bond donors (Lipinski definition) is 0. The smallest absolute Gasteiger partial charge is 0.164 e. The Morgan fingerprint density at radius 3 is 1.62 bits per heavy atom. The number of benzene rings is 9. The lowest BCUT2D eigenvalue weighted by molar-refractivity contribution is 0.768. The first-order chi connectivity index (χ1) is 34.9. The Labute approximate surface area is 415 Å². The minimum atomic E-state index is -0.624. The van der Waals surface area contributed by atoms with E-state index in [0.717, 1.165) is 33.5 Å². The van der Waals surface area contributed by atoms with Gasteiger partial charge in [-0.3, -0.25) is 0 Å². The van der Waals surface area contributed by atoms with Crippen LogP contribution in [0.3, 0.4) is 0 Å².